The van der Waals surface area contributed by atoms with Crippen LogP contribution in [0.3, 0.4) is 0 Å². The van der Waals surface area contributed by atoms with E-state index in [1.807, 2.05) is 25.3 Å². The minimum Gasteiger partial charge on any atom is -0.396 e. The molecule has 68 valence electrons. The van der Waals surface area contributed by atoms with Crippen molar-refractivity contribution in [1.82, 2.24) is 4.57 Å². The van der Waals surface area contributed by atoms with Crippen LogP contribution in [-0.2, 0) is 6.42 Å². The fourth-order valence-corrected chi connectivity index (χ4v) is 1.24. The first-order chi connectivity index (χ1) is 5.79. The van der Waals surface area contributed by atoms with Gasteiger partial charge in [0.05, 0.1) is 0 Å². The van der Waals surface area contributed by atoms with Gasteiger partial charge in [-0.1, -0.05) is 6.92 Å². The first-order valence-electron chi connectivity index (χ1n) is 4.24. The van der Waals surface area contributed by atoms with Crippen molar-refractivity contribution in [1.29, 1.82) is 0 Å². The third-order valence-electron chi connectivity index (χ3n) is 1.92. The highest BCUT2D eigenvalue weighted by Crippen LogP contribution is 2.12. The lowest BCUT2D eigenvalue weighted by atomic mass is 10.3. The molecule has 0 spiro atoms. The molecule has 0 aromatic carbocycles. The highest BCUT2D eigenvalue weighted by molar-refractivity contribution is 5.07. The van der Waals surface area contributed by atoms with Crippen LogP contribution in [0.1, 0.15) is 25.3 Å². The number of nitrogens with zero attached hydrogens (tertiary/aromatic N) is 1. The maximum atomic E-state index is 9.51. The molecular formula is C9H15NO2. The molecule has 2 N–H and O–H groups in total. The zero-order valence-electron chi connectivity index (χ0n) is 7.27. The third kappa shape index (κ3) is 1.87. The number of hydrogen-bond acceptors (Lipinski definition) is 2. The molecule has 0 saturated carbocycles. The number of aliphatic hydroxyl groups is 2. The van der Waals surface area contributed by atoms with Crippen molar-refractivity contribution < 1.29 is 10.2 Å². The van der Waals surface area contributed by atoms with Gasteiger partial charge in [-0.15, -0.1) is 0 Å². The van der Waals surface area contributed by atoms with Crippen LogP contribution in [0.4, 0.5) is 0 Å². The maximum Gasteiger partial charge on any atom is 0.130 e. The highest BCUT2D eigenvalue weighted by atomic mass is 16.3. The largest absolute Gasteiger partial charge is 0.396 e. The second-order valence-electron chi connectivity index (χ2n) is 2.77. The second-order valence-corrected chi connectivity index (χ2v) is 2.77. The molecule has 1 atom stereocenters. The summed E-state index contributed by atoms with van der Waals surface area (Å²) in [6.45, 7) is 2.05. The van der Waals surface area contributed by atoms with E-state index in [1.165, 1.54) is 0 Å². The lowest BCUT2D eigenvalue weighted by molar-refractivity contribution is 0.0966. The minimum absolute atomic E-state index is 0.125. The molecule has 0 amide bonds. The molecular weight excluding hydrogens is 154 g/mol. The molecule has 0 aliphatic heterocycles. The molecule has 1 rings (SSSR count). The van der Waals surface area contributed by atoms with Crippen LogP contribution >= 0.6 is 0 Å². The molecule has 3 heteroatoms. The SMILES string of the molecule is CCC(O)n1cccc1CCO. The Morgan fingerprint density at radius 1 is 1.58 bits per heavy atom. The molecule has 1 aromatic rings. The molecule has 0 radical (unpaired) electrons. The predicted molar refractivity (Wildman–Crippen MR) is 46.8 cm³/mol. The van der Waals surface area contributed by atoms with Crippen molar-refractivity contribution in [2.24, 2.45) is 0 Å². The van der Waals surface area contributed by atoms with E-state index in [4.69, 9.17) is 5.11 Å². The molecule has 0 fully saturated rings. The molecule has 0 aliphatic rings. The summed E-state index contributed by atoms with van der Waals surface area (Å²) in [7, 11) is 0. The molecule has 1 unspecified atom stereocenters. The van der Waals surface area contributed by atoms with E-state index >= 15 is 0 Å². The van der Waals surface area contributed by atoms with E-state index in [2.05, 4.69) is 0 Å². The Bertz CT molecular complexity index is 232. The fourth-order valence-electron chi connectivity index (χ4n) is 1.24. The van der Waals surface area contributed by atoms with E-state index in [9.17, 15) is 5.11 Å². The zero-order valence-corrected chi connectivity index (χ0v) is 7.27. The van der Waals surface area contributed by atoms with Crippen LogP contribution in [0.2, 0.25) is 0 Å². The van der Waals surface area contributed by atoms with Crippen molar-refractivity contribution in [3.05, 3.63) is 24.0 Å². The summed E-state index contributed by atoms with van der Waals surface area (Å²) in [5.74, 6) is 0. The number of hydrogen-bond donors (Lipinski definition) is 2. The third-order valence-corrected chi connectivity index (χ3v) is 1.92. The maximum absolute atomic E-state index is 9.51. The van der Waals surface area contributed by atoms with E-state index in [0.717, 1.165) is 5.69 Å². The zero-order chi connectivity index (χ0) is 8.97. The van der Waals surface area contributed by atoms with Crippen LogP contribution in [-0.4, -0.2) is 21.4 Å². The Labute approximate surface area is 72.3 Å². The Morgan fingerprint density at radius 3 is 2.92 bits per heavy atom. The number of aliphatic hydroxyl groups excluding tert-OH is 2. The normalized spacial score (nSPS) is 13.2. The standard InChI is InChI=1S/C9H15NO2/c1-2-9(12)10-6-3-4-8(10)5-7-11/h3-4,6,9,11-12H,2,5,7H2,1H3. The topological polar surface area (TPSA) is 45.4 Å². The lowest BCUT2D eigenvalue weighted by Gasteiger charge is -2.13. The molecule has 0 aliphatic carbocycles. The summed E-state index contributed by atoms with van der Waals surface area (Å²) in [6.07, 6.45) is 2.66. The van der Waals surface area contributed by atoms with E-state index in [-0.39, 0.29) is 6.61 Å². The first-order valence-corrected chi connectivity index (χ1v) is 4.24. The van der Waals surface area contributed by atoms with Gasteiger partial charge >= 0.3 is 0 Å². The summed E-state index contributed by atoms with van der Waals surface area (Å²) < 4.78 is 1.79. The van der Waals surface area contributed by atoms with Crippen molar-refractivity contribution in [2.45, 2.75) is 26.0 Å². The van der Waals surface area contributed by atoms with Gasteiger partial charge < -0.3 is 14.8 Å². The fraction of sp³-hybridized carbons (Fsp3) is 0.556. The molecule has 0 saturated heterocycles. The monoisotopic (exact) mass is 169 g/mol. The van der Waals surface area contributed by atoms with Gasteiger partial charge in [-0.2, -0.15) is 0 Å². The van der Waals surface area contributed by atoms with Crippen molar-refractivity contribution in [3.63, 3.8) is 0 Å². The Hall–Kier alpha value is -0.800. The van der Waals surface area contributed by atoms with E-state index in [1.54, 1.807) is 4.57 Å². The summed E-state index contributed by atoms with van der Waals surface area (Å²) in [4.78, 5) is 0. The lowest BCUT2D eigenvalue weighted by Crippen LogP contribution is -2.10. The van der Waals surface area contributed by atoms with Gasteiger partial charge in [0.25, 0.3) is 0 Å². The van der Waals surface area contributed by atoms with Crippen LogP contribution in [0.25, 0.3) is 0 Å². The van der Waals surface area contributed by atoms with Crippen LogP contribution in [0.15, 0.2) is 18.3 Å². The Kier molecular flexibility index (Phi) is 3.31. The molecule has 3 nitrogen and oxygen atoms in total. The molecule has 12 heavy (non-hydrogen) atoms. The Balaban J connectivity index is 2.76. The van der Waals surface area contributed by atoms with Gasteiger partial charge in [-0.05, 0) is 18.6 Å². The van der Waals surface area contributed by atoms with E-state index < -0.39 is 6.23 Å². The van der Waals surface area contributed by atoms with Crippen LogP contribution in [0, 0.1) is 0 Å². The molecule has 1 heterocycles. The van der Waals surface area contributed by atoms with Gasteiger partial charge in [0.15, 0.2) is 0 Å². The first kappa shape index (κ1) is 9.29. The van der Waals surface area contributed by atoms with Crippen molar-refractivity contribution in [2.75, 3.05) is 6.61 Å². The van der Waals surface area contributed by atoms with Crippen molar-refractivity contribution in [3.8, 4) is 0 Å². The summed E-state index contributed by atoms with van der Waals surface area (Å²) in [6, 6.07) is 3.79. The smallest absolute Gasteiger partial charge is 0.130 e. The van der Waals surface area contributed by atoms with E-state index in [0.29, 0.717) is 12.8 Å². The van der Waals surface area contributed by atoms with Gasteiger partial charge in [0, 0.05) is 24.9 Å². The number of rotatable bonds is 4. The quantitative estimate of drug-likeness (QED) is 0.704. The predicted octanol–water partition coefficient (Wildman–Crippen LogP) is 0.924. The second kappa shape index (κ2) is 4.28. The average molecular weight is 169 g/mol. The van der Waals surface area contributed by atoms with Crippen molar-refractivity contribution >= 4 is 0 Å². The van der Waals surface area contributed by atoms with Crippen LogP contribution in [0.5, 0.6) is 0 Å². The highest BCUT2D eigenvalue weighted by Gasteiger charge is 2.06. The summed E-state index contributed by atoms with van der Waals surface area (Å²) in [5, 5.41) is 18.2. The van der Waals surface area contributed by atoms with Gasteiger partial charge in [0.2, 0.25) is 0 Å². The van der Waals surface area contributed by atoms with Gasteiger partial charge in [-0.3, -0.25) is 0 Å². The Morgan fingerprint density at radius 2 is 2.33 bits per heavy atom. The summed E-state index contributed by atoms with van der Waals surface area (Å²) >= 11 is 0. The van der Waals surface area contributed by atoms with Crippen LogP contribution < -0.4 is 0 Å². The molecule has 0 bridgehead atoms. The number of aromatic nitrogens is 1. The average Bonchev–Trinajstić information content (AvgIpc) is 2.52. The molecule has 1 aromatic heterocycles. The summed E-state index contributed by atoms with van der Waals surface area (Å²) in [5.41, 5.74) is 0.979. The minimum atomic E-state index is -0.457. The van der Waals surface area contributed by atoms with Gasteiger partial charge in [-0.25, -0.2) is 0 Å². The van der Waals surface area contributed by atoms with Gasteiger partial charge in [0.1, 0.15) is 6.23 Å².